The van der Waals surface area contributed by atoms with Gasteiger partial charge in [0, 0.05) is 19.0 Å². The van der Waals surface area contributed by atoms with Crippen molar-refractivity contribution < 1.29 is 9.18 Å². The van der Waals surface area contributed by atoms with Crippen molar-refractivity contribution >= 4 is 29.9 Å². The molecule has 0 saturated heterocycles. The van der Waals surface area contributed by atoms with Crippen molar-refractivity contribution in [3.8, 4) is 5.69 Å². The van der Waals surface area contributed by atoms with Crippen molar-refractivity contribution in [2.24, 2.45) is 5.73 Å². The van der Waals surface area contributed by atoms with Crippen LogP contribution in [-0.2, 0) is 11.2 Å². The van der Waals surface area contributed by atoms with Gasteiger partial charge in [0.05, 0.1) is 17.1 Å². The van der Waals surface area contributed by atoms with Gasteiger partial charge in [-0.2, -0.15) is 5.10 Å². The highest BCUT2D eigenvalue weighted by atomic mass is 35.5. The summed E-state index contributed by atoms with van der Waals surface area (Å²) in [5.41, 5.74) is 6.63. The zero-order valence-corrected chi connectivity index (χ0v) is 16.0. The molecule has 3 rings (SSSR count). The molecule has 1 aromatic heterocycles. The number of hydrogen-bond acceptors (Lipinski definition) is 4. The Balaban J connectivity index is 0.00000243. The van der Waals surface area contributed by atoms with Crippen LogP contribution in [0.25, 0.3) is 5.69 Å². The molecule has 1 heterocycles. The van der Waals surface area contributed by atoms with E-state index in [0.29, 0.717) is 11.5 Å². The summed E-state index contributed by atoms with van der Waals surface area (Å²) >= 11 is 5.92. The molecule has 1 aliphatic carbocycles. The maximum absolute atomic E-state index is 13.5. The van der Waals surface area contributed by atoms with Crippen LogP contribution in [0, 0.1) is 5.82 Å². The molecule has 0 spiro atoms. The average Bonchev–Trinajstić information content (AvgIpc) is 3.01. The Kier molecular flexibility index (Phi) is 6.97. The summed E-state index contributed by atoms with van der Waals surface area (Å²) in [7, 11) is 1.57. The van der Waals surface area contributed by atoms with E-state index in [9.17, 15) is 9.18 Å². The van der Waals surface area contributed by atoms with Crippen LogP contribution in [-0.4, -0.2) is 33.8 Å². The smallest absolute Gasteiger partial charge is 0.227 e. The third-order valence-corrected chi connectivity index (χ3v) is 4.85. The van der Waals surface area contributed by atoms with Crippen LogP contribution in [0.15, 0.2) is 18.2 Å². The molecule has 0 unspecified atom stereocenters. The topological polar surface area (TPSA) is 85.8 Å². The number of halogens is 3. The Hall–Kier alpha value is -1.70. The van der Waals surface area contributed by atoms with E-state index in [1.807, 2.05) is 0 Å². The number of nitrogens with one attached hydrogen (secondary N) is 1. The molecule has 3 N–H and O–H groups in total. The minimum atomic E-state index is -0.485. The predicted octanol–water partition coefficient (Wildman–Crippen LogP) is 2.76. The number of carbonyl (C=O) groups is 1. The van der Waals surface area contributed by atoms with Gasteiger partial charge in [-0.3, -0.25) is 4.79 Å². The summed E-state index contributed by atoms with van der Waals surface area (Å²) in [5.74, 6) is 0.764. The summed E-state index contributed by atoms with van der Waals surface area (Å²) in [4.78, 5) is 16.3. The molecule has 0 atom stereocenters. The monoisotopic (exact) mass is 401 g/mol. The van der Waals surface area contributed by atoms with E-state index in [4.69, 9.17) is 17.3 Å². The molecular weight excluding hydrogens is 380 g/mol. The van der Waals surface area contributed by atoms with Crippen molar-refractivity contribution in [3.05, 3.63) is 40.7 Å². The van der Waals surface area contributed by atoms with Gasteiger partial charge in [0.25, 0.3) is 0 Å². The second kappa shape index (κ2) is 8.79. The lowest BCUT2D eigenvalue weighted by Gasteiger charge is -2.25. The Bertz CT molecular complexity index is 775. The van der Waals surface area contributed by atoms with E-state index in [0.717, 1.165) is 31.5 Å². The fourth-order valence-electron chi connectivity index (χ4n) is 3.12. The van der Waals surface area contributed by atoms with Crippen molar-refractivity contribution in [1.29, 1.82) is 0 Å². The molecule has 0 aliphatic heterocycles. The standard InChI is InChI=1S/C17H21ClFN5O.ClH/c1-21-16(25)9-15-22-17(10-2-4-11(20)5-3-10)24(23-15)12-6-7-14(19)13(18)8-12;/h6-8,10-11H,2-5,9,20H2,1H3,(H,21,25);1H. The molecule has 0 radical (unpaired) electrons. The number of rotatable bonds is 4. The van der Waals surface area contributed by atoms with Gasteiger partial charge in [0.15, 0.2) is 5.82 Å². The molecule has 1 amide bonds. The summed E-state index contributed by atoms with van der Waals surface area (Å²) < 4.78 is 15.2. The van der Waals surface area contributed by atoms with Gasteiger partial charge in [0.1, 0.15) is 11.6 Å². The number of amides is 1. The van der Waals surface area contributed by atoms with Gasteiger partial charge in [0.2, 0.25) is 5.91 Å². The average molecular weight is 402 g/mol. The fourth-order valence-corrected chi connectivity index (χ4v) is 3.30. The first-order valence-corrected chi connectivity index (χ1v) is 8.73. The molecular formula is C17H22Cl2FN5O. The fraction of sp³-hybridized carbons (Fsp3) is 0.471. The third-order valence-electron chi connectivity index (χ3n) is 4.56. The second-order valence-corrected chi connectivity index (χ2v) is 6.77. The number of benzene rings is 1. The Morgan fingerprint density at radius 3 is 2.69 bits per heavy atom. The van der Waals surface area contributed by atoms with Gasteiger partial charge in [-0.15, -0.1) is 12.4 Å². The summed E-state index contributed by atoms with van der Waals surface area (Å²) in [6.45, 7) is 0. The zero-order valence-electron chi connectivity index (χ0n) is 14.4. The highest BCUT2D eigenvalue weighted by Crippen LogP contribution is 2.33. The van der Waals surface area contributed by atoms with Gasteiger partial charge in [-0.25, -0.2) is 14.1 Å². The first-order valence-electron chi connectivity index (χ1n) is 8.35. The van der Waals surface area contributed by atoms with Crippen LogP contribution >= 0.6 is 24.0 Å². The number of aromatic nitrogens is 3. The van der Waals surface area contributed by atoms with Crippen molar-refractivity contribution in [3.63, 3.8) is 0 Å². The largest absolute Gasteiger partial charge is 0.359 e. The number of carbonyl (C=O) groups excluding carboxylic acids is 1. The maximum atomic E-state index is 13.5. The Labute approximate surface area is 162 Å². The summed E-state index contributed by atoms with van der Waals surface area (Å²) in [6.07, 6.45) is 3.76. The van der Waals surface area contributed by atoms with Crippen LogP contribution < -0.4 is 11.1 Å². The van der Waals surface area contributed by atoms with Crippen molar-refractivity contribution in [1.82, 2.24) is 20.1 Å². The van der Waals surface area contributed by atoms with Crippen LogP contribution in [0.4, 0.5) is 4.39 Å². The van der Waals surface area contributed by atoms with E-state index in [1.54, 1.807) is 17.8 Å². The molecule has 2 aromatic rings. The Morgan fingerprint density at radius 2 is 2.08 bits per heavy atom. The zero-order chi connectivity index (χ0) is 18.0. The predicted molar refractivity (Wildman–Crippen MR) is 101 cm³/mol. The summed E-state index contributed by atoms with van der Waals surface area (Å²) in [5, 5.41) is 7.06. The molecule has 1 aromatic carbocycles. The van der Waals surface area contributed by atoms with Gasteiger partial charge in [-0.05, 0) is 43.9 Å². The lowest BCUT2D eigenvalue weighted by atomic mass is 9.86. The number of hydrogen-bond donors (Lipinski definition) is 2. The number of nitrogens with two attached hydrogens (primary N) is 1. The molecule has 1 aliphatic rings. The second-order valence-electron chi connectivity index (χ2n) is 6.36. The SMILES string of the molecule is CNC(=O)Cc1nc(C2CCC(N)CC2)n(-c2ccc(F)c(Cl)c2)n1.Cl. The van der Waals surface area contributed by atoms with E-state index < -0.39 is 5.82 Å². The van der Waals surface area contributed by atoms with Crippen LogP contribution in [0.3, 0.4) is 0 Å². The van der Waals surface area contributed by atoms with Gasteiger partial charge < -0.3 is 11.1 Å². The van der Waals surface area contributed by atoms with Gasteiger partial charge in [-0.1, -0.05) is 11.6 Å². The van der Waals surface area contributed by atoms with Gasteiger partial charge >= 0.3 is 0 Å². The molecule has 142 valence electrons. The highest BCUT2D eigenvalue weighted by molar-refractivity contribution is 6.30. The first-order chi connectivity index (χ1) is 12.0. The van der Waals surface area contributed by atoms with E-state index in [-0.39, 0.29) is 41.7 Å². The van der Waals surface area contributed by atoms with E-state index >= 15 is 0 Å². The van der Waals surface area contributed by atoms with Crippen LogP contribution in [0.5, 0.6) is 0 Å². The molecule has 6 nitrogen and oxygen atoms in total. The van der Waals surface area contributed by atoms with Crippen LogP contribution in [0.1, 0.15) is 43.3 Å². The minimum Gasteiger partial charge on any atom is -0.359 e. The van der Waals surface area contributed by atoms with Crippen LogP contribution in [0.2, 0.25) is 5.02 Å². The normalized spacial score (nSPS) is 19.7. The number of likely N-dealkylation sites (N-methyl/N-ethyl adjacent to an activating group) is 1. The number of nitrogens with zero attached hydrogens (tertiary/aromatic N) is 3. The first kappa shape index (κ1) is 20.6. The quantitative estimate of drug-likeness (QED) is 0.824. The minimum absolute atomic E-state index is 0. The third kappa shape index (κ3) is 4.52. The lowest BCUT2D eigenvalue weighted by Crippen LogP contribution is -2.26. The van der Waals surface area contributed by atoms with E-state index in [2.05, 4.69) is 15.4 Å². The Morgan fingerprint density at radius 1 is 1.38 bits per heavy atom. The lowest BCUT2D eigenvalue weighted by molar-refractivity contribution is -0.120. The maximum Gasteiger partial charge on any atom is 0.227 e. The molecule has 26 heavy (non-hydrogen) atoms. The molecule has 9 heteroatoms. The van der Waals surface area contributed by atoms with Crippen molar-refractivity contribution in [2.75, 3.05) is 7.05 Å². The summed E-state index contributed by atoms with van der Waals surface area (Å²) in [6, 6.07) is 4.65. The van der Waals surface area contributed by atoms with Crippen molar-refractivity contribution in [2.45, 2.75) is 44.1 Å². The molecule has 0 bridgehead atoms. The highest BCUT2D eigenvalue weighted by Gasteiger charge is 2.26. The molecule has 1 fully saturated rings. The molecule has 1 saturated carbocycles. The van der Waals surface area contributed by atoms with E-state index in [1.165, 1.54) is 12.1 Å².